The Kier molecular flexibility index (Phi) is 3.90. The second-order valence-corrected chi connectivity index (χ2v) is 4.66. The van der Waals surface area contributed by atoms with Crippen molar-refractivity contribution in [3.63, 3.8) is 0 Å². The third-order valence-corrected chi connectivity index (χ3v) is 3.25. The van der Waals surface area contributed by atoms with Crippen molar-refractivity contribution in [2.75, 3.05) is 0 Å². The number of nitrogens with zero attached hydrogens (tertiary/aromatic N) is 3. The van der Waals surface area contributed by atoms with Gasteiger partial charge in [-0.2, -0.15) is 10.4 Å². The van der Waals surface area contributed by atoms with Crippen LogP contribution in [0.15, 0.2) is 24.3 Å². The number of hydrogen-bond donors (Lipinski definition) is 0. The zero-order valence-corrected chi connectivity index (χ0v) is 11.3. The molecule has 5 heteroatoms. The van der Waals surface area contributed by atoms with Crippen LogP contribution in [0.3, 0.4) is 0 Å². The molecule has 1 aromatic carbocycles. The lowest BCUT2D eigenvalue weighted by atomic mass is 10.2. The van der Waals surface area contributed by atoms with Gasteiger partial charge in [0.1, 0.15) is 16.8 Å². The Morgan fingerprint density at radius 3 is 2.72 bits per heavy atom. The molecule has 0 saturated carbocycles. The second kappa shape index (κ2) is 5.43. The van der Waals surface area contributed by atoms with E-state index >= 15 is 0 Å². The van der Waals surface area contributed by atoms with Crippen LogP contribution in [-0.4, -0.2) is 9.78 Å². The zero-order valence-electron chi connectivity index (χ0n) is 9.82. The van der Waals surface area contributed by atoms with Crippen LogP contribution < -0.4 is 0 Å². The molecule has 0 unspecified atom stereocenters. The molecule has 0 saturated heterocycles. The number of benzene rings is 1. The van der Waals surface area contributed by atoms with Crippen LogP contribution in [0.5, 0.6) is 0 Å². The summed E-state index contributed by atoms with van der Waals surface area (Å²) in [6.07, 6.45) is 0.686. The van der Waals surface area contributed by atoms with Gasteiger partial charge in [-0.1, -0.05) is 42.3 Å². The summed E-state index contributed by atoms with van der Waals surface area (Å²) in [5, 5.41) is 14.4. The summed E-state index contributed by atoms with van der Waals surface area (Å²) < 4.78 is 1.63. The van der Waals surface area contributed by atoms with Crippen LogP contribution >= 0.6 is 23.2 Å². The first-order valence-electron chi connectivity index (χ1n) is 5.55. The van der Waals surface area contributed by atoms with Crippen molar-refractivity contribution in [2.45, 2.75) is 19.9 Å². The number of nitriles is 1. The van der Waals surface area contributed by atoms with Crippen molar-refractivity contribution in [2.24, 2.45) is 0 Å². The fourth-order valence-electron chi connectivity index (χ4n) is 1.76. The van der Waals surface area contributed by atoms with E-state index in [1.165, 1.54) is 0 Å². The number of aryl methyl sites for hydroxylation is 1. The van der Waals surface area contributed by atoms with Gasteiger partial charge >= 0.3 is 0 Å². The largest absolute Gasteiger partial charge is 0.248 e. The molecule has 0 atom stereocenters. The normalized spacial score (nSPS) is 10.3. The molecule has 0 aliphatic heterocycles. The molecule has 3 nitrogen and oxygen atoms in total. The summed E-state index contributed by atoms with van der Waals surface area (Å²) in [7, 11) is 0. The maximum absolute atomic E-state index is 9.05. The van der Waals surface area contributed by atoms with Gasteiger partial charge in [0.05, 0.1) is 12.2 Å². The summed E-state index contributed by atoms with van der Waals surface area (Å²) >= 11 is 12.1. The first kappa shape index (κ1) is 12.9. The Morgan fingerprint density at radius 2 is 2.17 bits per heavy atom. The molecule has 0 amide bonds. The Bertz CT molecular complexity index is 611. The molecule has 1 heterocycles. The fraction of sp³-hybridized carbons (Fsp3) is 0.231. The highest BCUT2D eigenvalue weighted by atomic mass is 35.5. The molecule has 0 N–H and O–H groups in total. The van der Waals surface area contributed by atoms with Crippen LogP contribution in [0.4, 0.5) is 0 Å². The van der Waals surface area contributed by atoms with Gasteiger partial charge in [-0.15, -0.1) is 0 Å². The number of hydrogen-bond acceptors (Lipinski definition) is 2. The molecule has 2 rings (SSSR count). The number of halogens is 2. The molecule has 92 valence electrons. The van der Waals surface area contributed by atoms with E-state index in [2.05, 4.69) is 11.2 Å². The second-order valence-electron chi connectivity index (χ2n) is 3.87. The Labute approximate surface area is 116 Å². The average molecular weight is 280 g/mol. The SMILES string of the molecule is CCc1nn(Cc2cccc(Cl)c2)c(Cl)c1C#N. The van der Waals surface area contributed by atoms with E-state index in [-0.39, 0.29) is 0 Å². The minimum Gasteiger partial charge on any atom is -0.248 e. The maximum atomic E-state index is 9.05. The molecule has 0 bridgehead atoms. The molecule has 0 fully saturated rings. The van der Waals surface area contributed by atoms with Gasteiger partial charge in [-0.05, 0) is 24.1 Å². The highest BCUT2D eigenvalue weighted by Gasteiger charge is 2.14. The van der Waals surface area contributed by atoms with Crippen molar-refractivity contribution in [1.29, 1.82) is 5.26 Å². The van der Waals surface area contributed by atoms with E-state index in [9.17, 15) is 0 Å². The monoisotopic (exact) mass is 279 g/mol. The van der Waals surface area contributed by atoms with Gasteiger partial charge in [0.2, 0.25) is 0 Å². The molecular formula is C13H11Cl2N3. The Balaban J connectivity index is 2.36. The first-order chi connectivity index (χ1) is 8.65. The lowest BCUT2D eigenvalue weighted by Crippen LogP contribution is -2.02. The van der Waals surface area contributed by atoms with Gasteiger partial charge in [0.25, 0.3) is 0 Å². The van der Waals surface area contributed by atoms with Crippen molar-refractivity contribution >= 4 is 23.2 Å². The van der Waals surface area contributed by atoms with Gasteiger partial charge in [-0.3, -0.25) is 0 Å². The maximum Gasteiger partial charge on any atom is 0.145 e. The fourth-order valence-corrected chi connectivity index (χ4v) is 2.22. The smallest absolute Gasteiger partial charge is 0.145 e. The van der Waals surface area contributed by atoms with Crippen molar-refractivity contribution in [3.05, 3.63) is 51.3 Å². The van der Waals surface area contributed by atoms with Crippen LogP contribution in [0.1, 0.15) is 23.7 Å². The summed E-state index contributed by atoms with van der Waals surface area (Å²) in [4.78, 5) is 0. The van der Waals surface area contributed by atoms with Crippen LogP contribution in [0, 0.1) is 11.3 Å². The molecule has 0 radical (unpaired) electrons. The molecule has 18 heavy (non-hydrogen) atoms. The molecule has 1 aromatic heterocycles. The van der Waals surface area contributed by atoms with E-state index in [1.54, 1.807) is 4.68 Å². The molecule has 0 aliphatic rings. The van der Waals surface area contributed by atoms with E-state index in [1.807, 2.05) is 31.2 Å². The number of rotatable bonds is 3. The highest BCUT2D eigenvalue weighted by Crippen LogP contribution is 2.21. The van der Waals surface area contributed by atoms with E-state index < -0.39 is 0 Å². The lowest BCUT2D eigenvalue weighted by molar-refractivity contribution is 0.674. The van der Waals surface area contributed by atoms with E-state index in [4.69, 9.17) is 28.5 Å². The molecular weight excluding hydrogens is 269 g/mol. The van der Waals surface area contributed by atoms with Crippen molar-refractivity contribution in [3.8, 4) is 6.07 Å². The third kappa shape index (κ3) is 2.50. The van der Waals surface area contributed by atoms with Crippen LogP contribution in [0.2, 0.25) is 10.2 Å². The standard InChI is InChI=1S/C13H11Cl2N3/c1-2-12-11(7-16)13(15)18(17-12)8-9-4-3-5-10(14)6-9/h3-6H,2,8H2,1H3. The summed E-state index contributed by atoms with van der Waals surface area (Å²) in [6, 6.07) is 9.58. The van der Waals surface area contributed by atoms with Gasteiger partial charge in [0, 0.05) is 5.02 Å². The van der Waals surface area contributed by atoms with E-state index in [0.717, 1.165) is 11.3 Å². The van der Waals surface area contributed by atoms with Crippen molar-refractivity contribution in [1.82, 2.24) is 9.78 Å². The minimum absolute atomic E-state index is 0.384. The molecule has 0 spiro atoms. The van der Waals surface area contributed by atoms with Crippen LogP contribution in [-0.2, 0) is 13.0 Å². The topological polar surface area (TPSA) is 41.6 Å². The minimum atomic E-state index is 0.384. The predicted octanol–water partition coefficient (Wildman–Crippen LogP) is 3.67. The quantitative estimate of drug-likeness (QED) is 0.860. The van der Waals surface area contributed by atoms with E-state index in [0.29, 0.717) is 28.7 Å². The number of aromatic nitrogens is 2. The highest BCUT2D eigenvalue weighted by molar-refractivity contribution is 6.31. The Hall–Kier alpha value is -1.50. The summed E-state index contributed by atoms with van der Waals surface area (Å²) in [5.41, 5.74) is 2.18. The Morgan fingerprint density at radius 1 is 1.39 bits per heavy atom. The lowest BCUT2D eigenvalue weighted by Gasteiger charge is -2.03. The van der Waals surface area contributed by atoms with Crippen LogP contribution in [0.25, 0.3) is 0 Å². The predicted molar refractivity (Wildman–Crippen MR) is 71.9 cm³/mol. The summed E-state index contributed by atoms with van der Waals surface area (Å²) in [5.74, 6) is 0. The molecule has 0 aliphatic carbocycles. The van der Waals surface area contributed by atoms with Gasteiger partial charge < -0.3 is 0 Å². The average Bonchev–Trinajstić information content (AvgIpc) is 2.66. The summed E-state index contributed by atoms with van der Waals surface area (Å²) in [6.45, 7) is 2.46. The van der Waals surface area contributed by atoms with Crippen molar-refractivity contribution < 1.29 is 0 Å². The third-order valence-electron chi connectivity index (χ3n) is 2.63. The van der Waals surface area contributed by atoms with Gasteiger partial charge in [0.15, 0.2) is 0 Å². The first-order valence-corrected chi connectivity index (χ1v) is 6.31. The van der Waals surface area contributed by atoms with Gasteiger partial charge in [-0.25, -0.2) is 4.68 Å². The molecule has 2 aromatic rings. The zero-order chi connectivity index (χ0) is 13.1.